The van der Waals surface area contributed by atoms with Gasteiger partial charge in [0.2, 0.25) is 5.91 Å². The number of unbranched alkanes of at least 4 members (excludes halogenated alkanes) is 1. The van der Waals surface area contributed by atoms with Gasteiger partial charge in [0.05, 0.1) is 16.9 Å². The molecule has 32 heavy (non-hydrogen) atoms. The van der Waals surface area contributed by atoms with E-state index in [1.54, 1.807) is 24.3 Å². The molecule has 3 N–H and O–H groups in total. The first-order valence-electron chi connectivity index (χ1n) is 10.3. The third-order valence-corrected chi connectivity index (χ3v) is 5.10. The Morgan fingerprint density at radius 2 is 2.06 bits per heavy atom. The maximum Gasteiger partial charge on any atom is 0.247 e. The molecule has 3 aromatic rings. The van der Waals surface area contributed by atoms with Gasteiger partial charge in [-0.15, -0.1) is 0 Å². The van der Waals surface area contributed by atoms with Gasteiger partial charge in [0, 0.05) is 22.5 Å². The van der Waals surface area contributed by atoms with E-state index < -0.39 is 5.82 Å². The van der Waals surface area contributed by atoms with Gasteiger partial charge in [-0.2, -0.15) is 0 Å². The van der Waals surface area contributed by atoms with E-state index in [1.165, 1.54) is 18.5 Å². The van der Waals surface area contributed by atoms with Crippen molar-refractivity contribution in [3.8, 4) is 5.75 Å². The molecule has 7 nitrogen and oxygen atoms in total. The third-order valence-electron chi connectivity index (χ3n) is 4.61. The molecule has 0 saturated heterocycles. The van der Waals surface area contributed by atoms with Gasteiger partial charge in [-0.05, 0) is 43.3 Å². The average molecular weight is 502 g/mol. The summed E-state index contributed by atoms with van der Waals surface area (Å²) in [7, 11) is 0. The molecule has 0 aliphatic rings. The summed E-state index contributed by atoms with van der Waals surface area (Å²) < 4.78 is 20.9. The molecule has 0 fully saturated rings. The van der Waals surface area contributed by atoms with Crippen molar-refractivity contribution in [1.82, 2.24) is 15.3 Å². The average Bonchev–Trinajstić information content (AvgIpc) is 2.78. The number of ether oxygens (including phenoxy) is 1. The number of aromatic nitrogens is 2. The number of fused-ring (bicyclic) bond motifs is 1. The van der Waals surface area contributed by atoms with E-state index in [9.17, 15) is 9.18 Å². The topological polar surface area (TPSA) is 88.2 Å². The second-order valence-corrected chi connectivity index (χ2v) is 7.90. The molecule has 9 heteroatoms. The highest BCUT2D eigenvalue weighted by Gasteiger charge is 2.14. The monoisotopic (exact) mass is 501 g/mol. The highest BCUT2D eigenvalue weighted by Crippen LogP contribution is 2.34. The van der Waals surface area contributed by atoms with Gasteiger partial charge in [0.15, 0.2) is 0 Å². The first kappa shape index (κ1) is 23.6. The Hall–Kier alpha value is -3.04. The fraction of sp³-hybridized carbons (Fsp3) is 0.261. The van der Waals surface area contributed by atoms with E-state index >= 15 is 0 Å². The smallest absolute Gasteiger partial charge is 0.247 e. The molecule has 1 heterocycles. The summed E-state index contributed by atoms with van der Waals surface area (Å²) in [6, 6.07) is 8.13. The summed E-state index contributed by atoms with van der Waals surface area (Å²) in [5, 5.41) is 9.66. The van der Waals surface area contributed by atoms with Crippen molar-refractivity contribution in [1.29, 1.82) is 0 Å². The number of carbonyl (C=O) groups excluding carboxylic acids is 1. The fourth-order valence-corrected chi connectivity index (χ4v) is 3.30. The number of amides is 1. The lowest BCUT2D eigenvalue weighted by molar-refractivity contribution is -0.111. The minimum atomic E-state index is -0.429. The van der Waals surface area contributed by atoms with E-state index in [2.05, 4.69) is 55.4 Å². The Morgan fingerprint density at radius 1 is 1.22 bits per heavy atom. The molecule has 168 valence electrons. The number of nitrogens with zero attached hydrogens (tertiary/aromatic N) is 2. The number of anilines is 3. The molecular formula is C23H25BrFN5O2. The second kappa shape index (κ2) is 11.5. The molecular weight excluding hydrogens is 477 g/mol. The van der Waals surface area contributed by atoms with Crippen molar-refractivity contribution < 1.29 is 13.9 Å². The first-order chi connectivity index (χ1) is 15.5. The predicted octanol–water partition coefficient (Wildman–Crippen LogP) is 5.17. The van der Waals surface area contributed by atoms with E-state index in [4.69, 9.17) is 4.74 Å². The van der Waals surface area contributed by atoms with Crippen molar-refractivity contribution in [2.75, 3.05) is 30.3 Å². The SMILES string of the molecule is C=CC(=O)Nc1cc2c(Nc3ccc(Br)cc3F)ncnc2cc1OCCNCCCC. The quantitative estimate of drug-likeness (QED) is 0.248. The van der Waals surface area contributed by atoms with Gasteiger partial charge in [-0.25, -0.2) is 14.4 Å². The second-order valence-electron chi connectivity index (χ2n) is 6.98. The van der Waals surface area contributed by atoms with Gasteiger partial charge in [-0.3, -0.25) is 4.79 Å². The van der Waals surface area contributed by atoms with Crippen LogP contribution in [-0.2, 0) is 4.79 Å². The Balaban J connectivity index is 1.90. The lowest BCUT2D eigenvalue weighted by atomic mass is 10.1. The summed E-state index contributed by atoms with van der Waals surface area (Å²) in [5.41, 5.74) is 1.30. The summed E-state index contributed by atoms with van der Waals surface area (Å²) in [5.74, 6) is 0.0741. The zero-order chi connectivity index (χ0) is 22.9. The van der Waals surface area contributed by atoms with Gasteiger partial charge in [-0.1, -0.05) is 35.9 Å². The van der Waals surface area contributed by atoms with Crippen LogP contribution in [0.25, 0.3) is 10.9 Å². The molecule has 0 spiro atoms. The molecule has 0 aliphatic heterocycles. The zero-order valence-corrected chi connectivity index (χ0v) is 19.3. The van der Waals surface area contributed by atoms with Gasteiger partial charge in [0.1, 0.15) is 30.3 Å². The maximum absolute atomic E-state index is 14.3. The van der Waals surface area contributed by atoms with Crippen LogP contribution in [0.15, 0.2) is 53.8 Å². The number of hydrogen-bond acceptors (Lipinski definition) is 6. The number of benzene rings is 2. The van der Waals surface area contributed by atoms with Crippen molar-refractivity contribution in [3.05, 3.63) is 59.6 Å². The van der Waals surface area contributed by atoms with Gasteiger partial charge < -0.3 is 20.7 Å². The first-order valence-corrected chi connectivity index (χ1v) is 11.1. The standard InChI is InChI=1S/C23H25BrFN5O2/c1-3-5-8-26-9-10-32-21-13-19-16(12-20(21)29-22(31)4-2)23(28-14-27-19)30-18-7-6-15(24)11-17(18)25/h4,6-7,11-14,26H,2-3,5,8-10H2,1H3,(H,29,31)(H,27,28,30). The van der Waals surface area contributed by atoms with Gasteiger partial charge in [0.25, 0.3) is 0 Å². The molecule has 0 atom stereocenters. The summed E-state index contributed by atoms with van der Waals surface area (Å²) in [4.78, 5) is 20.5. The molecule has 0 saturated carbocycles. The number of rotatable bonds is 11. The van der Waals surface area contributed by atoms with Crippen LogP contribution in [0.4, 0.5) is 21.6 Å². The third kappa shape index (κ3) is 6.24. The van der Waals surface area contributed by atoms with E-state index in [0.717, 1.165) is 19.4 Å². The predicted molar refractivity (Wildman–Crippen MR) is 129 cm³/mol. The van der Waals surface area contributed by atoms with Crippen molar-refractivity contribution in [2.45, 2.75) is 19.8 Å². The molecule has 0 bridgehead atoms. The molecule has 3 rings (SSSR count). The summed E-state index contributed by atoms with van der Waals surface area (Å²) in [6.45, 7) is 7.65. The molecule has 1 aromatic heterocycles. The Morgan fingerprint density at radius 3 is 2.81 bits per heavy atom. The lowest BCUT2D eigenvalue weighted by Crippen LogP contribution is -2.22. The van der Waals surface area contributed by atoms with Crippen LogP contribution in [0.3, 0.4) is 0 Å². The van der Waals surface area contributed by atoms with Crippen LogP contribution in [0.2, 0.25) is 0 Å². The highest BCUT2D eigenvalue weighted by molar-refractivity contribution is 9.10. The Labute approximate surface area is 194 Å². The van der Waals surface area contributed by atoms with E-state index in [-0.39, 0.29) is 11.6 Å². The highest BCUT2D eigenvalue weighted by atomic mass is 79.9. The number of hydrogen-bond donors (Lipinski definition) is 3. The van der Waals surface area contributed by atoms with Crippen LogP contribution in [0.1, 0.15) is 19.8 Å². The van der Waals surface area contributed by atoms with Gasteiger partial charge >= 0.3 is 0 Å². The van der Waals surface area contributed by atoms with E-state index in [0.29, 0.717) is 45.8 Å². The summed E-state index contributed by atoms with van der Waals surface area (Å²) >= 11 is 3.25. The van der Waals surface area contributed by atoms with Crippen molar-refractivity contribution in [2.24, 2.45) is 0 Å². The summed E-state index contributed by atoms with van der Waals surface area (Å²) in [6.07, 6.45) is 4.79. The minimum Gasteiger partial charge on any atom is -0.490 e. The van der Waals surface area contributed by atoms with Crippen LogP contribution >= 0.6 is 15.9 Å². The maximum atomic E-state index is 14.3. The molecule has 1 amide bonds. The fourth-order valence-electron chi connectivity index (χ4n) is 2.96. The number of halogens is 2. The van der Waals surface area contributed by atoms with Crippen molar-refractivity contribution >= 4 is 49.9 Å². The zero-order valence-electron chi connectivity index (χ0n) is 17.8. The van der Waals surface area contributed by atoms with Crippen LogP contribution in [0, 0.1) is 5.82 Å². The Bertz CT molecular complexity index is 1110. The van der Waals surface area contributed by atoms with E-state index in [1.807, 2.05) is 0 Å². The minimum absolute atomic E-state index is 0.267. The molecule has 0 unspecified atom stereocenters. The number of carbonyl (C=O) groups is 1. The van der Waals surface area contributed by atoms with Crippen molar-refractivity contribution in [3.63, 3.8) is 0 Å². The van der Waals surface area contributed by atoms with Crippen LogP contribution in [0.5, 0.6) is 5.75 Å². The Kier molecular flexibility index (Phi) is 8.52. The molecule has 0 radical (unpaired) electrons. The largest absolute Gasteiger partial charge is 0.490 e. The van der Waals surface area contributed by atoms with Crippen LogP contribution < -0.4 is 20.7 Å². The number of nitrogens with one attached hydrogen (secondary N) is 3. The lowest BCUT2D eigenvalue weighted by Gasteiger charge is -2.15. The molecule has 0 aliphatic carbocycles. The molecule has 2 aromatic carbocycles. The van der Waals surface area contributed by atoms with Crippen LogP contribution in [-0.4, -0.2) is 35.6 Å². The normalized spacial score (nSPS) is 10.7.